The highest BCUT2D eigenvalue weighted by Gasteiger charge is 2.48. The number of hydrogen-bond donors (Lipinski definition) is 1. The van der Waals surface area contributed by atoms with Gasteiger partial charge in [0.25, 0.3) is 5.91 Å². The third-order valence-corrected chi connectivity index (χ3v) is 9.41. The molecule has 0 saturated carbocycles. The number of Topliss-reactive ketones (excluding diaryl/α,β-unsaturated/α-hetero) is 2. The Balaban J connectivity index is 1.55. The zero-order valence-electron chi connectivity index (χ0n) is 26.2. The van der Waals surface area contributed by atoms with E-state index in [0.717, 1.165) is 55.8 Å². The monoisotopic (exact) mass is 696 g/mol. The second kappa shape index (κ2) is 11.7. The number of nitrogens with one attached hydrogen (secondary N) is 1. The lowest BCUT2D eigenvalue weighted by Crippen LogP contribution is -2.43. The molecule has 0 unspecified atom stereocenters. The van der Waals surface area contributed by atoms with Gasteiger partial charge in [-0.1, -0.05) is 45.9 Å². The van der Waals surface area contributed by atoms with Gasteiger partial charge in [-0.2, -0.15) is 0 Å². The lowest BCUT2D eigenvalue weighted by atomic mass is 9.64. The van der Waals surface area contributed by atoms with E-state index >= 15 is 0 Å². The number of halogens is 1. The van der Waals surface area contributed by atoms with Crippen molar-refractivity contribution >= 4 is 45.8 Å². The fourth-order valence-corrected chi connectivity index (χ4v) is 7.47. The number of hydrogen-bond acceptors (Lipinski definition) is 6. The van der Waals surface area contributed by atoms with Gasteiger partial charge in [0.15, 0.2) is 29.7 Å². The van der Waals surface area contributed by atoms with Gasteiger partial charge in [-0.15, -0.1) is 0 Å². The summed E-state index contributed by atoms with van der Waals surface area (Å²) in [6.07, 6.45) is 2.40. The molecular formula is C35H41IN2O5. The standard InChI is InChI=1S/C35H41IN2O5/c1-8-42-28-14-21(13-22(36)33(28)43-19-29(41)37-23-12-10-9-11-20(23)2)30-31-24(15-34(3,4)17-26(31)39)38(7)25-16-35(5,6)18-27(40)32(25)30/h9-14,30H,8,15-19H2,1-7H3,(H,37,41). The number of ketones is 2. The van der Waals surface area contributed by atoms with E-state index in [2.05, 4.69) is 60.5 Å². The third-order valence-electron chi connectivity index (χ3n) is 8.61. The van der Waals surface area contributed by atoms with Crippen molar-refractivity contribution in [2.75, 3.05) is 25.6 Å². The van der Waals surface area contributed by atoms with Crippen LogP contribution in [0.5, 0.6) is 11.5 Å². The van der Waals surface area contributed by atoms with Crippen molar-refractivity contribution in [2.24, 2.45) is 10.8 Å². The highest BCUT2D eigenvalue weighted by atomic mass is 127. The smallest absolute Gasteiger partial charge is 0.262 e. The third kappa shape index (κ3) is 6.26. The van der Waals surface area contributed by atoms with Crippen molar-refractivity contribution in [3.8, 4) is 11.5 Å². The van der Waals surface area contributed by atoms with E-state index in [-0.39, 0.29) is 34.9 Å². The zero-order valence-corrected chi connectivity index (χ0v) is 28.3. The number of amides is 1. The fraction of sp³-hybridized carbons (Fsp3) is 0.457. The SMILES string of the molecule is CCOc1cc(C2C3=C(CC(C)(C)CC3=O)N(C)C3=C2C(=O)CC(C)(C)C3)cc(I)c1OCC(=O)Nc1ccccc1C. The van der Waals surface area contributed by atoms with Crippen molar-refractivity contribution in [1.82, 2.24) is 4.90 Å². The summed E-state index contributed by atoms with van der Waals surface area (Å²) < 4.78 is 12.9. The first-order valence-electron chi connectivity index (χ1n) is 14.9. The minimum absolute atomic E-state index is 0.0912. The molecule has 1 amide bonds. The maximum absolute atomic E-state index is 13.9. The van der Waals surface area contributed by atoms with Crippen LogP contribution in [0.25, 0.3) is 0 Å². The summed E-state index contributed by atoms with van der Waals surface area (Å²) >= 11 is 2.20. The summed E-state index contributed by atoms with van der Waals surface area (Å²) in [7, 11) is 2.01. The predicted octanol–water partition coefficient (Wildman–Crippen LogP) is 7.33. The number of carbonyl (C=O) groups excluding carboxylic acids is 3. The van der Waals surface area contributed by atoms with Crippen LogP contribution in [0.1, 0.15) is 77.3 Å². The summed E-state index contributed by atoms with van der Waals surface area (Å²) in [6.45, 7) is 12.6. The molecule has 0 spiro atoms. The van der Waals surface area contributed by atoms with Crippen molar-refractivity contribution < 1.29 is 23.9 Å². The van der Waals surface area contributed by atoms with E-state index in [0.29, 0.717) is 30.9 Å². The molecule has 0 fully saturated rings. The lowest BCUT2D eigenvalue weighted by Gasteiger charge is -2.48. The van der Waals surface area contributed by atoms with Gasteiger partial charge in [0.05, 0.1) is 10.2 Å². The molecule has 0 atom stereocenters. The number of ether oxygens (including phenoxy) is 2. The summed E-state index contributed by atoms with van der Waals surface area (Å²) in [4.78, 5) is 42.7. The van der Waals surface area contributed by atoms with Gasteiger partial charge >= 0.3 is 0 Å². The molecule has 7 nitrogen and oxygen atoms in total. The average Bonchev–Trinajstić information content (AvgIpc) is 2.89. The van der Waals surface area contributed by atoms with Crippen LogP contribution >= 0.6 is 22.6 Å². The number of para-hydroxylation sites is 1. The minimum atomic E-state index is -0.473. The average molecular weight is 697 g/mol. The van der Waals surface area contributed by atoms with Crippen molar-refractivity contribution in [1.29, 1.82) is 0 Å². The molecule has 0 bridgehead atoms. The Morgan fingerprint density at radius 2 is 1.53 bits per heavy atom. The summed E-state index contributed by atoms with van der Waals surface area (Å²) in [5.74, 6) is 0.391. The number of benzene rings is 2. The molecule has 2 aromatic rings. The van der Waals surface area contributed by atoms with Crippen LogP contribution in [-0.4, -0.2) is 42.6 Å². The first-order chi connectivity index (χ1) is 20.2. The molecule has 228 valence electrons. The summed E-state index contributed by atoms with van der Waals surface area (Å²) in [6, 6.07) is 11.5. The Morgan fingerprint density at radius 1 is 0.953 bits per heavy atom. The largest absolute Gasteiger partial charge is 0.490 e. The molecule has 8 heteroatoms. The van der Waals surface area contributed by atoms with Gasteiger partial charge < -0.3 is 19.7 Å². The quantitative estimate of drug-likeness (QED) is 0.306. The zero-order chi connectivity index (χ0) is 31.3. The van der Waals surface area contributed by atoms with E-state index in [1.807, 2.05) is 57.3 Å². The molecule has 1 aliphatic heterocycles. The molecule has 5 rings (SSSR count). The first kappa shape index (κ1) is 31.3. The van der Waals surface area contributed by atoms with E-state index in [9.17, 15) is 14.4 Å². The second-order valence-corrected chi connectivity index (χ2v) is 14.7. The number of aryl methyl sites for hydroxylation is 1. The number of allylic oxidation sites excluding steroid dienone is 4. The summed E-state index contributed by atoms with van der Waals surface area (Å²) in [5, 5.41) is 2.90. The molecule has 2 aliphatic carbocycles. The van der Waals surface area contributed by atoms with Crippen LogP contribution in [-0.2, 0) is 14.4 Å². The maximum atomic E-state index is 13.9. The number of nitrogens with zero attached hydrogens (tertiary/aromatic N) is 1. The highest BCUT2D eigenvalue weighted by Crippen LogP contribution is 2.54. The van der Waals surface area contributed by atoms with Gasteiger partial charge in [0.1, 0.15) is 0 Å². The molecule has 2 aromatic carbocycles. The van der Waals surface area contributed by atoms with E-state index in [4.69, 9.17) is 9.47 Å². The van der Waals surface area contributed by atoms with Crippen molar-refractivity contribution in [2.45, 2.75) is 73.1 Å². The minimum Gasteiger partial charge on any atom is -0.490 e. The molecule has 3 aliphatic rings. The first-order valence-corrected chi connectivity index (χ1v) is 16.0. The van der Waals surface area contributed by atoms with Gasteiger partial charge in [-0.05, 0) is 89.4 Å². The number of carbonyl (C=O) groups is 3. The number of rotatable bonds is 7. The highest BCUT2D eigenvalue weighted by molar-refractivity contribution is 14.1. The van der Waals surface area contributed by atoms with Crippen LogP contribution in [0.2, 0.25) is 0 Å². The molecule has 0 aromatic heterocycles. The molecular weight excluding hydrogens is 655 g/mol. The van der Waals surface area contributed by atoms with Crippen molar-refractivity contribution in [3.63, 3.8) is 0 Å². The fourth-order valence-electron chi connectivity index (χ4n) is 6.69. The van der Waals surface area contributed by atoms with Gasteiger partial charge in [-0.25, -0.2) is 0 Å². The maximum Gasteiger partial charge on any atom is 0.262 e. The Morgan fingerprint density at radius 3 is 2.09 bits per heavy atom. The van der Waals surface area contributed by atoms with Gasteiger partial charge in [0, 0.05) is 54.0 Å². The van der Waals surface area contributed by atoms with Crippen LogP contribution in [0.15, 0.2) is 58.9 Å². The Bertz CT molecular complexity index is 1510. The topological polar surface area (TPSA) is 84.9 Å². The van der Waals surface area contributed by atoms with E-state index in [1.165, 1.54) is 0 Å². The molecule has 1 N–H and O–H groups in total. The van der Waals surface area contributed by atoms with Crippen LogP contribution in [0, 0.1) is 21.3 Å². The Labute approximate surface area is 268 Å². The van der Waals surface area contributed by atoms with Gasteiger partial charge in [-0.3, -0.25) is 14.4 Å². The molecule has 0 radical (unpaired) electrons. The molecule has 1 heterocycles. The van der Waals surface area contributed by atoms with E-state index in [1.54, 1.807) is 0 Å². The predicted molar refractivity (Wildman–Crippen MR) is 176 cm³/mol. The van der Waals surface area contributed by atoms with Crippen molar-refractivity contribution in [3.05, 3.63) is 73.6 Å². The van der Waals surface area contributed by atoms with Crippen LogP contribution in [0.4, 0.5) is 5.69 Å². The summed E-state index contributed by atoms with van der Waals surface area (Å²) in [5.41, 5.74) is 5.67. The lowest BCUT2D eigenvalue weighted by molar-refractivity contribution is -0.120. The normalized spacial score (nSPS) is 19.7. The molecule has 0 saturated heterocycles. The number of anilines is 1. The van der Waals surface area contributed by atoms with E-state index < -0.39 is 5.92 Å². The Hall–Kier alpha value is -3.14. The second-order valence-electron chi connectivity index (χ2n) is 13.5. The Kier molecular flexibility index (Phi) is 8.55. The van der Waals surface area contributed by atoms with Crippen LogP contribution < -0.4 is 14.8 Å². The molecule has 43 heavy (non-hydrogen) atoms. The van der Waals surface area contributed by atoms with Crippen LogP contribution in [0.3, 0.4) is 0 Å². The van der Waals surface area contributed by atoms with Gasteiger partial charge in [0.2, 0.25) is 0 Å².